The number of benzene rings is 2. The minimum Gasteiger partial charge on any atom is -0.496 e. The van der Waals surface area contributed by atoms with Gasteiger partial charge < -0.3 is 14.3 Å². The number of carboxylic acid groups (broad SMARTS) is 1. The lowest BCUT2D eigenvalue weighted by molar-refractivity contribution is -0.138. The molecule has 0 amide bonds. The molecular weight excluding hydrogens is 368 g/mol. The average molecular weight is 382 g/mol. The van der Waals surface area contributed by atoms with Crippen LogP contribution in [-0.2, 0) is 19.0 Å². The molecule has 27 heavy (non-hydrogen) atoms. The summed E-state index contributed by atoms with van der Waals surface area (Å²) in [5.41, 5.74) is -0.100. The molecular formula is C19H14F4O4. The van der Waals surface area contributed by atoms with Gasteiger partial charge in [0.05, 0.1) is 12.7 Å². The fraction of sp³-hybridized carbons (Fsp3) is 0.211. The highest BCUT2D eigenvalue weighted by Crippen LogP contribution is 2.37. The predicted octanol–water partition coefficient (Wildman–Crippen LogP) is 5.08. The first-order valence-corrected chi connectivity index (χ1v) is 7.88. The zero-order valence-corrected chi connectivity index (χ0v) is 14.1. The van der Waals surface area contributed by atoms with Crippen molar-refractivity contribution in [3.63, 3.8) is 0 Å². The molecule has 1 N–H and O–H groups in total. The van der Waals surface area contributed by atoms with Crippen LogP contribution in [0.3, 0.4) is 0 Å². The molecule has 8 heteroatoms. The summed E-state index contributed by atoms with van der Waals surface area (Å²) in [6.07, 6.45) is -4.29. The molecule has 0 spiro atoms. The normalized spacial score (nSPS) is 11.7. The summed E-state index contributed by atoms with van der Waals surface area (Å²) in [5.74, 6) is -2.45. The number of halogens is 4. The summed E-state index contributed by atoms with van der Waals surface area (Å²) in [7, 11) is 1.16. The predicted molar refractivity (Wildman–Crippen MR) is 88.5 cm³/mol. The molecule has 3 rings (SSSR count). The summed E-state index contributed by atoms with van der Waals surface area (Å²) >= 11 is 0. The molecule has 0 saturated heterocycles. The number of aryl methyl sites for hydroxylation is 2. The first-order chi connectivity index (χ1) is 12.7. The van der Waals surface area contributed by atoms with Gasteiger partial charge in [-0.3, -0.25) is 0 Å². The number of rotatable bonds is 5. The van der Waals surface area contributed by atoms with E-state index in [1.807, 2.05) is 0 Å². The first-order valence-electron chi connectivity index (χ1n) is 7.88. The maximum Gasteiger partial charge on any atom is 0.419 e. The maximum atomic E-state index is 14.2. The standard InChI is InChI=1S/C19H14F4O4/c1-26-15-5-3-10(6-13(15)19(21,22)23)2-4-11-8-16-12(7-14(11)20)9-17(27-16)18(24)25/h3,5-9H,2,4H2,1H3,(H,24,25). The Morgan fingerprint density at radius 3 is 2.52 bits per heavy atom. The highest BCUT2D eigenvalue weighted by molar-refractivity contribution is 5.91. The van der Waals surface area contributed by atoms with Crippen molar-refractivity contribution in [3.05, 3.63) is 64.7 Å². The Labute approximate surface area is 151 Å². The molecule has 0 fully saturated rings. The van der Waals surface area contributed by atoms with Crippen molar-refractivity contribution in [1.82, 2.24) is 0 Å². The minimum atomic E-state index is -4.56. The summed E-state index contributed by atoms with van der Waals surface area (Å²) in [5, 5.41) is 9.22. The largest absolute Gasteiger partial charge is 0.496 e. The molecule has 142 valence electrons. The average Bonchev–Trinajstić information content (AvgIpc) is 3.01. The Kier molecular flexibility index (Phi) is 4.82. The molecule has 0 aliphatic carbocycles. The minimum absolute atomic E-state index is 0.120. The molecule has 0 radical (unpaired) electrons. The van der Waals surface area contributed by atoms with E-state index in [-0.39, 0.29) is 35.5 Å². The highest BCUT2D eigenvalue weighted by Gasteiger charge is 2.34. The second kappa shape index (κ2) is 6.94. The van der Waals surface area contributed by atoms with Gasteiger partial charge in [0, 0.05) is 5.39 Å². The number of alkyl halides is 3. The van der Waals surface area contributed by atoms with Crippen LogP contribution in [0.4, 0.5) is 17.6 Å². The molecule has 3 aromatic rings. The quantitative estimate of drug-likeness (QED) is 0.625. The van der Waals surface area contributed by atoms with Gasteiger partial charge in [0.15, 0.2) is 0 Å². The van der Waals surface area contributed by atoms with Crippen molar-refractivity contribution in [3.8, 4) is 5.75 Å². The van der Waals surface area contributed by atoms with Gasteiger partial charge in [0.2, 0.25) is 5.76 Å². The van der Waals surface area contributed by atoms with Gasteiger partial charge in [0.1, 0.15) is 17.1 Å². The summed E-state index contributed by atoms with van der Waals surface area (Å²) in [6.45, 7) is 0. The van der Waals surface area contributed by atoms with Crippen molar-refractivity contribution in [2.45, 2.75) is 19.0 Å². The highest BCUT2D eigenvalue weighted by atomic mass is 19.4. The van der Waals surface area contributed by atoms with E-state index in [1.54, 1.807) is 0 Å². The Morgan fingerprint density at radius 1 is 1.15 bits per heavy atom. The van der Waals surface area contributed by atoms with Crippen molar-refractivity contribution < 1.29 is 36.6 Å². The molecule has 0 bridgehead atoms. The number of furan rings is 1. The summed E-state index contributed by atoms with van der Waals surface area (Å²) < 4.78 is 63.4. The number of carbonyl (C=O) groups is 1. The number of methoxy groups -OCH3 is 1. The molecule has 2 aromatic carbocycles. The van der Waals surface area contributed by atoms with Gasteiger partial charge in [0.25, 0.3) is 0 Å². The second-order valence-corrected chi connectivity index (χ2v) is 5.93. The molecule has 0 aliphatic heterocycles. The SMILES string of the molecule is COc1ccc(CCc2cc3oc(C(=O)O)cc3cc2F)cc1C(F)(F)F. The van der Waals surface area contributed by atoms with E-state index >= 15 is 0 Å². The topological polar surface area (TPSA) is 59.7 Å². The molecule has 0 atom stereocenters. The number of fused-ring (bicyclic) bond motifs is 1. The van der Waals surface area contributed by atoms with Gasteiger partial charge in [-0.1, -0.05) is 6.07 Å². The van der Waals surface area contributed by atoms with E-state index in [0.29, 0.717) is 10.9 Å². The van der Waals surface area contributed by atoms with E-state index in [0.717, 1.165) is 19.2 Å². The number of carboxylic acids is 1. The van der Waals surface area contributed by atoms with Crippen LogP contribution in [0.25, 0.3) is 11.0 Å². The van der Waals surface area contributed by atoms with Crippen LogP contribution in [-0.4, -0.2) is 18.2 Å². The van der Waals surface area contributed by atoms with E-state index in [4.69, 9.17) is 14.3 Å². The first kappa shape index (κ1) is 18.8. The van der Waals surface area contributed by atoms with E-state index < -0.39 is 23.5 Å². The van der Waals surface area contributed by atoms with Crippen molar-refractivity contribution >= 4 is 16.9 Å². The molecule has 4 nitrogen and oxygen atoms in total. The van der Waals surface area contributed by atoms with Crippen LogP contribution >= 0.6 is 0 Å². The van der Waals surface area contributed by atoms with Crippen LogP contribution in [0.1, 0.15) is 27.2 Å². The summed E-state index contributed by atoms with van der Waals surface area (Å²) in [6, 6.07) is 7.42. The van der Waals surface area contributed by atoms with E-state index in [2.05, 4.69) is 0 Å². The smallest absolute Gasteiger partial charge is 0.419 e. The van der Waals surface area contributed by atoms with Crippen LogP contribution in [0.2, 0.25) is 0 Å². The van der Waals surface area contributed by atoms with Gasteiger partial charge in [-0.2, -0.15) is 13.2 Å². The maximum absolute atomic E-state index is 14.2. The zero-order chi connectivity index (χ0) is 19.8. The second-order valence-electron chi connectivity index (χ2n) is 5.93. The third kappa shape index (κ3) is 3.89. The molecule has 0 unspecified atom stereocenters. The Balaban J connectivity index is 1.86. The lowest BCUT2D eigenvalue weighted by atomic mass is 10.0. The van der Waals surface area contributed by atoms with Crippen LogP contribution < -0.4 is 4.74 Å². The van der Waals surface area contributed by atoms with E-state index in [1.165, 1.54) is 24.3 Å². The lowest BCUT2D eigenvalue weighted by Gasteiger charge is -2.13. The number of hydrogen-bond donors (Lipinski definition) is 1. The lowest BCUT2D eigenvalue weighted by Crippen LogP contribution is -2.08. The van der Waals surface area contributed by atoms with Gasteiger partial charge in [-0.05, 0) is 54.3 Å². The Bertz CT molecular complexity index is 1000. The van der Waals surface area contributed by atoms with Crippen molar-refractivity contribution in [2.24, 2.45) is 0 Å². The summed E-state index contributed by atoms with van der Waals surface area (Å²) in [4.78, 5) is 10.9. The van der Waals surface area contributed by atoms with Crippen molar-refractivity contribution in [2.75, 3.05) is 7.11 Å². The molecule has 1 heterocycles. The third-order valence-electron chi connectivity index (χ3n) is 4.15. The molecule has 1 aromatic heterocycles. The fourth-order valence-corrected chi connectivity index (χ4v) is 2.81. The number of hydrogen-bond acceptors (Lipinski definition) is 3. The van der Waals surface area contributed by atoms with Gasteiger partial charge in [-0.15, -0.1) is 0 Å². The van der Waals surface area contributed by atoms with Gasteiger partial charge in [-0.25, -0.2) is 9.18 Å². The number of ether oxygens (including phenoxy) is 1. The van der Waals surface area contributed by atoms with E-state index in [9.17, 15) is 22.4 Å². The zero-order valence-electron chi connectivity index (χ0n) is 14.1. The monoisotopic (exact) mass is 382 g/mol. The molecule has 0 aliphatic rings. The van der Waals surface area contributed by atoms with Crippen LogP contribution in [0.15, 0.2) is 40.8 Å². The van der Waals surface area contributed by atoms with Crippen LogP contribution in [0, 0.1) is 5.82 Å². The third-order valence-corrected chi connectivity index (χ3v) is 4.15. The fourth-order valence-electron chi connectivity index (χ4n) is 2.81. The van der Waals surface area contributed by atoms with Crippen molar-refractivity contribution in [1.29, 1.82) is 0 Å². The molecule has 0 saturated carbocycles. The van der Waals surface area contributed by atoms with Gasteiger partial charge >= 0.3 is 12.1 Å². The Morgan fingerprint density at radius 2 is 1.89 bits per heavy atom. The number of aromatic carboxylic acids is 1. The van der Waals surface area contributed by atoms with Crippen LogP contribution in [0.5, 0.6) is 5.75 Å². The Hall–Kier alpha value is -3.03.